The smallest absolute Gasteiger partial charge is 0.290 e. The first-order valence-corrected chi connectivity index (χ1v) is 8.38. The quantitative estimate of drug-likeness (QED) is 0.691. The highest BCUT2D eigenvalue weighted by Crippen LogP contribution is 2.27. The monoisotopic (exact) mass is 343 g/mol. The molecule has 0 N–H and O–H groups in total. The third-order valence-corrected chi connectivity index (χ3v) is 4.32. The van der Waals surface area contributed by atoms with E-state index in [9.17, 15) is 4.79 Å². The van der Waals surface area contributed by atoms with Crippen LogP contribution in [0.15, 0.2) is 35.1 Å². The van der Waals surface area contributed by atoms with Gasteiger partial charge in [0.25, 0.3) is 0 Å². The Hall–Kier alpha value is -2.07. The molecule has 0 saturated carbocycles. The molecule has 1 aromatic carbocycles. The van der Waals surface area contributed by atoms with Gasteiger partial charge < -0.3 is 0 Å². The zero-order valence-corrected chi connectivity index (χ0v) is 15.5. The van der Waals surface area contributed by atoms with E-state index >= 15 is 0 Å². The van der Waals surface area contributed by atoms with Crippen molar-refractivity contribution in [1.29, 1.82) is 0 Å². The molecule has 0 radical (unpaired) electrons. The van der Waals surface area contributed by atoms with Gasteiger partial charge in [-0.15, -0.1) is 0 Å². The van der Waals surface area contributed by atoms with Crippen molar-refractivity contribution in [3.8, 4) is 11.3 Å². The Kier molecular flexibility index (Phi) is 4.04. The zero-order chi connectivity index (χ0) is 17.6. The summed E-state index contributed by atoms with van der Waals surface area (Å²) in [5.74, 6) is 0. The molecular formula is C19H22ClN3O. The minimum absolute atomic E-state index is 0.0142. The fraction of sp³-hybridized carbons (Fsp3) is 0.368. The standard InChI is InChI=1S/C19H22ClN3O/c1-12-6-7-13(20)10-14(12)15-8-9-16-17(21-15)22(5)18(24)23(16)11-19(2,3)4/h6-10H,11H2,1-5H3. The van der Waals surface area contributed by atoms with E-state index in [1.807, 2.05) is 37.3 Å². The predicted molar refractivity (Wildman–Crippen MR) is 99.6 cm³/mol. The van der Waals surface area contributed by atoms with E-state index in [2.05, 4.69) is 20.8 Å². The Morgan fingerprint density at radius 3 is 2.54 bits per heavy atom. The van der Waals surface area contributed by atoms with Crippen LogP contribution in [0.5, 0.6) is 0 Å². The summed E-state index contributed by atoms with van der Waals surface area (Å²) in [6, 6.07) is 9.70. The average Bonchev–Trinajstić information content (AvgIpc) is 2.73. The van der Waals surface area contributed by atoms with Crippen LogP contribution in [0.1, 0.15) is 26.3 Å². The molecule has 126 valence electrons. The van der Waals surface area contributed by atoms with Crippen LogP contribution in [0, 0.1) is 12.3 Å². The van der Waals surface area contributed by atoms with Gasteiger partial charge in [-0.3, -0.25) is 9.13 Å². The molecule has 0 saturated heterocycles. The summed E-state index contributed by atoms with van der Waals surface area (Å²) >= 11 is 6.13. The van der Waals surface area contributed by atoms with Crippen LogP contribution in [0.2, 0.25) is 5.02 Å². The molecular weight excluding hydrogens is 322 g/mol. The lowest BCUT2D eigenvalue weighted by Crippen LogP contribution is -2.27. The van der Waals surface area contributed by atoms with Crippen molar-refractivity contribution in [2.45, 2.75) is 34.2 Å². The van der Waals surface area contributed by atoms with Gasteiger partial charge in [0.15, 0.2) is 5.65 Å². The highest BCUT2D eigenvalue weighted by atomic mass is 35.5. The summed E-state index contributed by atoms with van der Waals surface area (Å²) in [6.07, 6.45) is 0. The van der Waals surface area contributed by atoms with Crippen LogP contribution in [-0.2, 0) is 13.6 Å². The Bertz CT molecular complexity index is 977. The van der Waals surface area contributed by atoms with Gasteiger partial charge in [0.05, 0.1) is 11.2 Å². The lowest BCUT2D eigenvalue weighted by molar-refractivity contribution is 0.342. The maximum absolute atomic E-state index is 12.6. The number of aromatic nitrogens is 3. The number of imidazole rings is 1. The summed E-state index contributed by atoms with van der Waals surface area (Å²) in [4.78, 5) is 17.3. The number of pyridine rings is 1. The molecule has 0 unspecified atom stereocenters. The van der Waals surface area contributed by atoms with Crippen LogP contribution in [0.3, 0.4) is 0 Å². The van der Waals surface area contributed by atoms with Crippen LogP contribution in [0.4, 0.5) is 0 Å². The molecule has 0 fully saturated rings. The second-order valence-electron chi connectivity index (χ2n) is 7.49. The van der Waals surface area contributed by atoms with Gasteiger partial charge in [0.2, 0.25) is 0 Å². The first-order valence-electron chi connectivity index (χ1n) is 8.00. The summed E-state index contributed by atoms with van der Waals surface area (Å²) in [5, 5.41) is 0.677. The Morgan fingerprint density at radius 2 is 1.88 bits per heavy atom. The van der Waals surface area contributed by atoms with Crippen molar-refractivity contribution in [3.05, 3.63) is 51.4 Å². The third kappa shape index (κ3) is 2.98. The van der Waals surface area contributed by atoms with Crippen LogP contribution in [0.25, 0.3) is 22.4 Å². The van der Waals surface area contributed by atoms with Crippen molar-refractivity contribution < 1.29 is 0 Å². The second-order valence-corrected chi connectivity index (χ2v) is 7.92. The summed E-state index contributed by atoms with van der Waals surface area (Å²) in [6.45, 7) is 9.04. The fourth-order valence-corrected chi connectivity index (χ4v) is 3.09. The average molecular weight is 344 g/mol. The van der Waals surface area contributed by atoms with E-state index in [4.69, 9.17) is 16.6 Å². The maximum atomic E-state index is 12.6. The lowest BCUT2D eigenvalue weighted by Gasteiger charge is -2.18. The van der Waals surface area contributed by atoms with E-state index in [0.717, 1.165) is 22.3 Å². The van der Waals surface area contributed by atoms with E-state index in [1.54, 1.807) is 16.2 Å². The molecule has 3 rings (SSSR count). The molecule has 0 bridgehead atoms. The molecule has 0 amide bonds. The molecule has 0 spiro atoms. The van der Waals surface area contributed by atoms with Gasteiger partial charge >= 0.3 is 5.69 Å². The van der Waals surface area contributed by atoms with Crippen molar-refractivity contribution in [3.63, 3.8) is 0 Å². The van der Waals surface area contributed by atoms with Crippen LogP contribution in [-0.4, -0.2) is 14.1 Å². The number of aryl methyl sites for hydroxylation is 2. The Balaban J connectivity index is 2.21. The lowest BCUT2D eigenvalue weighted by atomic mass is 9.97. The third-order valence-electron chi connectivity index (χ3n) is 4.09. The number of benzene rings is 1. The molecule has 4 nitrogen and oxygen atoms in total. The highest BCUT2D eigenvalue weighted by Gasteiger charge is 2.19. The van der Waals surface area contributed by atoms with Gasteiger partial charge in [0.1, 0.15) is 0 Å². The largest absolute Gasteiger partial charge is 0.330 e. The topological polar surface area (TPSA) is 39.8 Å². The van der Waals surface area contributed by atoms with Crippen molar-refractivity contribution >= 4 is 22.8 Å². The Morgan fingerprint density at radius 1 is 1.17 bits per heavy atom. The second kappa shape index (κ2) is 5.78. The minimum Gasteiger partial charge on any atom is -0.290 e. The molecule has 5 heteroatoms. The van der Waals surface area contributed by atoms with Crippen LogP contribution >= 0.6 is 11.6 Å². The van der Waals surface area contributed by atoms with E-state index < -0.39 is 0 Å². The van der Waals surface area contributed by atoms with Crippen LogP contribution < -0.4 is 5.69 Å². The summed E-state index contributed by atoms with van der Waals surface area (Å²) < 4.78 is 3.42. The summed E-state index contributed by atoms with van der Waals surface area (Å²) in [5.41, 5.74) is 4.45. The van der Waals surface area contributed by atoms with E-state index in [1.165, 1.54) is 0 Å². The maximum Gasteiger partial charge on any atom is 0.330 e. The van der Waals surface area contributed by atoms with E-state index in [0.29, 0.717) is 17.2 Å². The first kappa shape index (κ1) is 16.8. The predicted octanol–water partition coefficient (Wildman–Crippen LogP) is 4.41. The fourth-order valence-electron chi connectivity index (χ4n) is 2.92. The number of halogens is 1. The number of fused-ring (bicyclic) bond motifs is 1. The molecule has 2 aromatic heterocycles. The molecule has 3 aromatic rings. The van der Waals surface area contributed by atoms with E-state index in [-0.39, 0.29) is 11.1 Å². The van der Waals surface area contributed by atoms with Gasteiger partial charge in [-0.25, -0.2) is 9.78 Å². The van der Waals surface area contributed by atoms with Crippen molar-refractivity contribution in [1.82, 2.24) is 14.1 Å². The molecule has 0 aliphatic rings. The molecule has 0 atom stereocenters. The van der Waals surface area contributed by atoms with Gasteiger partial charge in [-0.1, -0.05) is 38.4 Å². The molecule has 0 aliphatic heterocycles. The highest BCUT2D eigenvalue weighted by molar-refractivity contribution is 6.30. The number of hydrogen-bond acceptors (Lipinski definition) is 2. The number of nitrogens with zero attached hydrogens (tertiary/aromatic N) is 3. The van der Waals surface area contributed by atoms with Crippen molar-refractivity contribution in [2.24, 2.45) is 12.5 Å². The number of hydrogen-bond donors (Lipinski definition) is 0. The SMILES string of the molecule is Cc1ccc(Cl)cc1-c1ccc2c(n1)n(C)c(=O)n2CC(C)(C)C. The zero-order valence-electron chi connectivity index (χ0n) is 14.7. The molecule has 0 aliphatic carbocycles. The molecule has 24 heavy (non-hydrogen) atoms. The number of rotatable bonds is 2. The molecule has 2 heterocycles. The first-order chi connectivity index (χ1) is 11.2. The van der Waals surface area contributed by atoms with Crippen molar-refractivity contribution in [2.75, 3.05) is 0 Å². The van der Waals surface area contributed by atoms with Gasteiger partial charge in [-0.2, -0.15) is 0 Å². The van der Waals surface area contributed by atoms with Gasteiger partial charge in [0, 0.05) is 24.2 Å². The Labute approximate surface area is 146 Å². The normalized spacial score (nSPS) is 12.1. The van der Waals surface area contributed by atoms with Gasteiger partial charge in [-0.05, 0) is 42.2 Å². The summed E-state index contributed by atoms with van der Waals surface area (Å²) in [7, 11) is 1.77. The minimum atomic E-state index is -0.0348.